The van der Waals surface area contributed by atoms with E-state index in [4.69, 9.17) is 4.42 Å². The third-order valence-electron chi connectivity index (χ3n) is 11.3. The highest BCUT2D eigenvalue weighted by molar-refractivity contribution is 6.20. The molecule has 1 heterocycles. The zero-order valence-corrected chi connectivity index (χ0v) is 30.6. The first-order chi connectivity index (χ1) is 27.8. The lowest BCUT2D eigenvalue weighted by Crippen LogP contribution is -2.11. The Balaban J connectivity index is 1.08. The maximum Gasteiger partial charge on any atom is 0.143 e. The van der Waals surface area contributed by atoms with Crippen LogP contribution in [0.3, 0.4) is 0 Å². The first-order valence-corrected chi connectivity index (χ1v) is 19.2. The molecule has 262 valence electrons. The van der Waals surface area contributed by atoms with Crippen LogP contribution in [0, 0.1) is 0 Å². The summed E-state index contributed by atoms with van der Waals surface area (Å²) in [5, 5.41) is 9.58. The molecule has 0 saturated carbocycles. The summed E-state index contributed by atoms with van der Waals surface area (Å²) in [6, 6.07) is 76.5. The standard InChI is InChI=1S/C54H35NO/c1-2-12-36(13-3-1)37-24-29-42(30-25-37)55(43-31-26-38(27-32-43)40-28-33-45-41(34-40)23-22-39-14-4-5-15-44(39)45)52-20-10-8-17-47(52)50-35-51-48-18-9-11-21-53(48)56-54(51)49-19-7-6-16-46(49)50/h1-35H. The van der Waals surface area contributed by atoms with Gasteiger partial charge < -0.3 is 9.32 Å². The van der Waals surface area contributed by atoms with Gasteiger partial charge in [-0.25, -0.2) is 0 Å². The van der Waals surface area contributed by atoms with Crippen molar-refractivity contribution >= 4 is 71.3 Å². The lowest BCUT2D eigenvalue weighted by molar-refractivity contribution is 0.672. The molecule has 0 saturated heterocycles. The Hall–Kier alpha value is -7.42. The number of para-hydroxylation sites is 2. The maximum atomic E-state index is 6.50. The van der Waals surface area contributed by atoms with Crippen molar-refractivity contribution in [3.05, 3.63) is 212 Å². The molecule has 1 aromatic heterocycles. The minimum Gasteiger partial charge on any atom is -0.455 e. The molecule has 10 aromatic carbocycles. The molecular formula is C54H35NO. The van der Waals surface area contributed by atoms with Gasteiger partial charge in [-0.05, 0) is 103 Å². The number of hydrogen-bond donors (Lipinski definition) is 0. The van der Waals surface area contributed by atoms with Gasteiger partial charge in [0.25, 0.3) is 0 Å². The van der Waals surface area contributed by atoms with Crippen molar-refractivity contribution in [2.45, 2.75) is 0 Å². The van der Waals surface area contributed by atoms with E-state index < -0.39 is 0 Å². The number of furan rings is 1. The number of hydrogen-bond acceptors (Lipinski definition) is 2. The van der Waals surface area contributed by atoms with E-state index in [-0.39, 0.29) is 0 Å². The number of anilines is 3. The van der Waals surface area contributed by atoms with Crippen LogP contribution in [-0.4, -0.2) is 0 Å². The molecule has 0 aliphatic carbocycles. The normalized spacial score (nSPS) is 11.6. The fraction of sp³-hybridized carbons (Fsp3) is 0. The van der Waals surface area contributed by atoms with Crippen molar-refractivity contribution in [1.29, 1.82) is 0 Å². The molecule has 0 fully saturated rings. The zero-order chi connectivity index (χ0) is 37.0. The van der Waals surface area contributed by atoms with Gasteiger partial charge in [0.15, 0.2) is 0 Å². The van der Waals surface area contributed by atoms with E-state index in [1.807, 2.05) is 6.07 Å². The van der Waals surface area contributed by atoms with E-state index in [9.17, 15) is 0 Å². The van der Waals surface area contributed by atoms with Gasteiger partial charge >= 0.3 is 0 Å². The number of nitrogens with zero attached hydrogens (tertiary/aromatic N) is 1. The van der Waals surface area contributed by atoms with Crippen LogP contribution in [0.15, 0.2) is 217 Å². The van der Waals surface area contributed by atoms with Gasteiger partial charge in [0.1, 0.15) is 11.2 Å². The van der Waals surface area contributed by atoms with Crippen LogP contribution >= 0.6 is 0 Å². The van der Waals surface area contributed by atoms with E-state index >= 15 is 0 Å². The smallest absolute Gasteiger partial charge is 0.143 e. The molecule has 56 heavy (non-hydrogen) atoms. The van der Waals surface area contributed by atoms with E-state index in [0.29, 0.717) is 0 Å². The van der Waals surface area contributed by atoms with Gasteiger partial charge in [-0.1, -0.05) is 164 Å². The average Bonchev–Trinajstić information content (AvgIpc) is 3.66. The van der Waals surface area contributed by atoms with Crippen LogP contribution < -0.4 is 4.90 Å². The largest absolute Gasteiger partial charge is 0.455 e. The molecule has 0 N–H and O–H groups in total. The molecular weight excluding hydrogens is 679 g/mol. The van der Waals surface area contributed by atoms with Crippen LogP contribution in [0.25, 0.3) is 87.6 Å². The van der Waals surface area contributed by atoms with Crippen molar-refractivity contribution in [3.8, 4) is 33.4 Å². The monoisotopic (exact) mass is 713 g/mol. The Morgan fingerprint density at radius 1 is 0.304 bits per heavy atom. The second-order valence-electron chi connectivity index (χ2n) is 14.5. The van der Waals surface area contributed by atoms with E-state index in [1.54, 1.807) is 0 Å². The predicted molar refractivity (Wildman–Crippen MR) is 237 cm³/mol. The molecule has 2 heteroatoms. The van der Waals surface area contributed by atoms with Crippen molar-refractivity contribution < 1.29 is 4.42 Å². The Morgan fingerprint density at radius 3 is 1.64 bits per heavy atom. The summed E-state index contributed by atoms with van der Waals surface area (Å²) in [4.78, 5) is 2.40. The number of rotatable bonds is 6. The van der Waals surface area contributed by atoms with Crippen molar-refractivity contribution in [1.82, 2.24) is 0 Å². The third kappa shape index (κ3) is 5.34. The van der Waals surface area contributed by atoms with Crippen LogP contribution in [-0.2, 0) is 0 Å². The molecule has 0 aliphatic rings. The molecule has 0 unspecified atom stereocenters. The molecule has 0 spiro atoms. The average molecular weight is 714 g/mol. The lowest BCUT2D eigenvalue weighted by atomic mass is 9.93. The van der Waals surface area contributed by atoms with Gasteiger partial charge in [0, 0.05) is 33.1 Å². The summed E-state index contributed by atoms with van der Waals surface area (Å²) in [6.45, 7) is 0. The highest BCUT2D eigenvalue weighted by Crippen LogP contribution is 2.46. The first-order valence-electron chi connectivity index (χ1n) is 19.2. The summed E-state index contributed by atoms with van der Waals surface area (Å²) < 4.78 is 6.50. The Labute approximate surface area is 325 Å². The quantitative estimate of drug-likeness (QED) is 0.160. The van der Waals surface area contributed by atoms with Crippen molar-refractivity contribution in [2.75, 3.05) is 4.90 Å². The second-order valence-corrected chi connectivity index (χ2v) is 14.5. The van der Waals surface area contributed by atoms with Crippen LogP contribution in [0.1, 0.15) is 0 Å². The molecule has 11 rings (SSSR count). The predicted octanol–water partition coefficient (Wildman–Crippen LogP) is 15.5. The van der Waals surface area contributed by atoms with Crippen LogP contribution in [0.5, 0.6) is 0 Å². The van der Waals surface area contributed by atoms with Gasteiger partial charge in [0.05, 0.1) is 5.69 Å². The van der Waals surface area contributed by atoms with E-state index in [0.717, 1.165) is 55.3 Å². The second kappa shape index (κ2) is 13.2. The molecule has 0 atom stereocenters. The summed E-state index contributed by atoms with van der Waals surface area (Å²) in [5.74, 6) is 0. The fourth-order valence-electron chi connectivity index (χ4n) is 8.52. The van der Waals surface area contributed by atoms with Crippen molar-refractivity contribution in [2.24, 2.45) is 0 Å². The lowest BCUT2D eigenvalue weighted by Gasteiger charge is -2.28. The first kappa shape index (κ1) is 32.0. The Bertz CT molecular complexity index is 3230. The minimum atomic E-state index is 0.901. The van der Waals surface area contributed by atoms with Gasteiger partial charge in [-0.3, -0.25) is 0 Å². The third-order valence-corrected chi connectivity index (χ3v) is 11.3. The van der Waals surface area contributed by atoms with Crippen LogP contribution in [0.4, 0.5) is 17.1 Å². The minimum absolute atomic E-state index is 0.901. The van der Waals surface area contributed by atoms with Gasteiger partial charge in [0.2, 0.25) is 0 Å². The SMILES string of the molecule is c1ccc(-c2ccc(N(c3ccc(-c4ccc5c(ccc6ccccc65)c4)cc3)c3ccccc3-c3cc4c5ccccc5oc4c4ccccc34)cc2)cc1. The Morgan fingerprint density at radius 2 is 0.857 bits per heavy atom. The highest BCUT2D eigenvalue weighted by Gasteiger charge is 2.21. The molecule has 0 radical (unpaired) electrons. The maximum absolute atomic E-state index is 6.50. The Kier molecular flexibility index (Phi) is 7.53. The highest BCUT2D eigenvalue weighted by atomic mass is 16.3. The number of fused-ring (bicyclic) bond motifs is 8. The molecule has 0 amide bonds. The molecule has 0 bridgehead atoms. The fourth-order valence-corrected chi connectivity index (χ4v) is 8.52. The zero-order valence-electron chi connectivity index (χ0n) is 30.6. The molecule has 2 nitrogen and oxygen atoms in total. The van der Waals surface area contributed by atoms with Gasteiger partial charge in [-0.15, -0.1) is 0 Å². The van der Waals surface area contributed by atoms with Crippen molar-refractivity contribution in [3.63, 3.8) is 0 Å². The van der Waals surface area contributed by atoms with Crippen LogP contribution in [0.2, 0.25) is 0 Å². The molecule has 0 aliphatic heterocycles. The molecule has 11 aromatic rings. The summed E-state index contributed by atoms with van der Waals surface area (Å²) in [5.41, 5.74) is 12.2. The number of benzene rings is 10. The summed E-state index contributed by atoms with van der Waals surface area (Å²) in [7, 11) is 0. The van der Waals surface area contributed by atoms with E-state index in [1.165, 1.54) is 49.4 Å². The van der Waals surface area contributed by atoms with Gasteiger partial charge in [-0.2, -0.15) is 0 Å². The topological polar surface area (TPSA) is 16.4 Å². The summed E-state index contributed by atoms with van der Waals surface area (Å²) >= 11 is 0. The van der Waals surface area contributed by atoms with E-state index in [2.05, 4.69) is 211 Å². The summed E-state index contributed by atoms with van der Waals surface area (Å²) in [6.07, 6.45) is 0.